The molecular formula is C22H37ClN2O3Si. The van der Waals surface area contributed by atoms with Crippen LogP contribution in [0.4, 0.5) is 4.79 Å². The minimum Gasteiger partial charge on any atom is -0.543 e. The van der Waals surface area contributed by atoms with Crippen LogP contribution in [-0.4, -0.2) is 50.6 Å². The van der Waals surface area contributed by atoms with E-state index < -0.39 is 13.9 Å². The van der Waals surface area contributed by atoms with Gasteiger partial charge in [0, 0.05) is 19.6 Å². The van der Waals surface area contributed by atoms with E-state index in [0.717, 1.165) is 30.8 Å². The molecule has 1 saturated heterocycles. The Morgan fingerprint density at radius 3 is 2.48 bits per heavy atom. The van der Waals surface area contributed by atoms with Crippen molar-refractivity contribution in [1.82, 2.24) is 10.2 Å². The summed E-state index contributed by atoms with van der Waals surface area (Å²) in [6.45, 7) is 18.9. The Morgan fingerprint density at radius 1 is 1.24 bits per heavy atom. The SMILES string of the molecule is CC(C)(C)OC(=O)N1CCNC[C@H]1Cc1ccc(Cl)c(O[Si](C)(C)C(C)(C)C)c1. The molecule has 1 amide bonds. The lowest BCUT2D eigenvalue weighted by Crippen LogP contribution is -2.55. The molecule has 1 fully saturated rings. The maximum absolute atomic E-state index is 12.7. The molecule has 1 heterocycles. The number of ether oxygens (including phenoxy) is 1. The summed E-state index contributed by atoms with van der Waals surface area (Å²) in [4.78, 5) is 14.5. The first kappa shape index (κ1) is 24.0. The Labute approximate surface area is 182 Å². The lowest BCUT2D eigenvalue weighted by atomic mass is 10.0. The highest BCUT2D eigenvalue weighted by molar-refractivity contribution is 6.74. The molecule has 1 atom stereocenters. The summed E-state index contributed by atoms with van der Waals surface area (Å²) < 4.78 is 12.1. The first-order chi connectivity index (χ1) is 13.2. The van der Waals surface area contributed by atoms with Gasteiger partial charge in [-0.05, 0) is 63.0 Å². The number of nitrogens with one attached hydrogen (secondary N) is 1. The summed E-state index contributed by atoms with van der Waals surface area (Å²) in [5, 5.41) is 4.11. The van der Waals surface area contributed by atoms with Crippen LogP contribution in [0.2, 0.25) is 23.2 Å². The second-order valence-corrected chi connectivity index (χ2v) is 15.5. The minimum absolute atomic E-state index is 0.0282. The zero-order valence-electron chi connectivity index (χ0n) is 19.2. The third-order valence-electron chi connectivity index (χ3n) is 5.62. The molecule has 7 heteroatoms. The van der Waals surface area contributed by atoms with Gasteiger partial charge in [-0.1, -0.05) is 38.4 Å². The molecular weight excluding hydrogens is 404 g/mol. The molecule has 1 aromatic carbocycles. The quantitative estimate of drug-likeness (QED) is 0.630. The van der Waals surface area contributed by atoms with Crippen molar-refractivity contribution in [3.8, 4) is 5.75 Å². The minimum atomic E-state index is -1.99. The van der Waals surface area contributed by atoms with Crippen molar-refractivity contribution in [1.29, 1.82) is 0 Å². The van der Waals surface area contributed by atoms with Gasteiger partial charge in [0.05, 0.1) is 11.1 Å². The van der Waals surface area contributed by atoms with E-state index in [0.29, 0.717) is 11.6 Å². The van der Waals surface area contributed by atoms with Gasteiger partial charge >= 0.3 is 6.09 Å². The summed E-state index contributed by atoms with van der Waals surface area (Å²) in [6, 6.07) is 5.97. The maximum Gasteiger partial charge on any atom is 0.410 e. The molecule has 2 rings (SSSR count). The van der Waals surface area contributed by atoms with Gasteiger partial charge in [-0.2, -0.15) is 0 Å². The van der Waals surface area contributed by atoms with Crippen molar-refractivity contribution >= 4 is 26.0 Å². The van der Waals surface area contributed by atoms with Gasteiger partial charge in [0.15, 0.2) is 0 Å². The molecule has 1 N–H and O–H groups in total. The first-order valence-corrected chi connectivity index (χ1v) is 13.7. The molecule has 1 aliphatic heterocycles. The Hall–Kier alpha value is -1.24. The van der Waals surface area contributed by atoms with Crippen LogP contribution < -0.4 is 9.74 Å². The van der Waals surface area contributed by atoms with Gasteiger partial charge in [-0.25, -0.2) is 4.79 Å². The fourth-order valence-electron chi connectivity index (χ4n) is 2.96. The summed E-state index contributed by atoms with van der Waals surface area (Å²) >= 11 is 6.45. The molecule has 0 saturated carbocycles. The van der Waals surface area contributed by atoms with Crippen molar-refractivity contribution in [3.63, 3.8) is 0 Å². The summed E-state index contributed by atoms with van der Waals surface area (Å²) in [5.74, 6) is 0.739. The second kappa shape index (κ2) is 8.86. The highest BCUT2D eigenvalue weighted by Crippen LogP contribution is 2.39. The van der Waals surface area contributed by atoms with E-state index in [9.17, 15) is 4.79 Å². The molecule has 0 spiro atoms. The fraction of sp³-hybridized carbons (Fsp3) is 0.682. The third-order valence-corrected chi connectivity index (χ3v) is 10.3. The number of rotatable bonds is 4. The summed E-state index contributed by atoms with van der Waals surface area (Å²) in [7, 11) is -1.99. The van der Waals surface area contributed by atoms with Crippen molar-refractivity contribution < 1.29 is 14.0 Å². The van der Waals surface area contributed by atoms with Gasteiger partial charge in [0.1, 0.15) is 11.4 Å². The molecule has 164 valence electrons. The Balaban J connectivity index is 2.19. The molecule has 0 aromatic heterocycles. The number of nitrogens with zero attached hydrogens (tertiary/aromatic N) is 1. The van der Waals surface area contributed by atoms with E-state index in [1.165, 1.54) is 0 Å². The average Bonchev–Trinajstić information content (AvgIpc) is 2.55. The molecule has 0 radical (unpaired) electrons. The van der Waals surface area contributed by atoms with E-state index in [1.54, 1.807) is 0 Å². The number of hydrogen-bond acceptors (Lipinski definition) is 4. The molecule has 1 aromatic rings. The molecule has 0 aliphatic carbocycles. The molecule has 0 unspecified atom stereocenters. The number of piperazine rings is 1. The van der Waals surface area contributed by atoms with E-state index >= 15 is 0 Å². The topological polar surface area (TPSA) is 50.8 Å². The van der Waals surface area contributed by atoms with Crippen LogP contribution >= 0.6 is 11.6 Å². The number of benzene rings is 1. The largest absolute Gasteiger partial charge is 0.543 e. The van der Waals surface area contributed by atoms with Crippen LogP contribution in [-0.2, 0) is 11.2 Å². The molecule has 29 heavy (non-hydrogen) atoms. The van der Waals surface area contributed by atoms with Crippen molar-refractivity contribution in [2.24, 2.45) is 0 Å². The maximum atomic E-state index is 12.7. The van der Waals surface area contributed by atoms with Crippen LogP contribution in [0.1, 0.15) is 47.1 Å². The van der Waals surface area contributed by atoms with Crippen LogP contribution in [0.3, 0.4) is 0 Å². The molecule has 1 aliphatic rings. The Kier molecular flexibility index (Phi) is 7.34. The highest BCUT2D eigenvalue weighted by Gasteiger charge is 2.39. The number of amides is 1. The smallest absolute Gasteiger partial charge is 0.410 e. The summed E-state index contributed by atoms with van der Waals surface area (Å²) in [6.07, 6.45) is 0.466. The van der Waals surface area contributed by atoms with Crippen LogP contribution in [0, 0.1) is 0 Å². The van der Waals surface area contributed by atoms with Crippen LogP contribution in [0.5, 0.6) is 5.75 Å². The molecule has 5 nitrogen and oxygen atoms in total. The Morgan fingerprint density at radius 2 is 1.90 bits per heavy atom. The monoisotopic (exact) mass is 440 g/mol. The number of hydrogen-bond donors (Lipinski definition) is 1. The van der Waals surface area contributed by atoms with Crippen molar-refractivity contribution in [2.75, 3.05) is 19.6 Å². The predicted molar refractivity (Wildman–Crippen MR) is 123 cm³/mol. The zero-order valence-corrected chi connectivity index (χ0v) is 20.9. The third kappa shape index (κ3) is 6.62. The van der Waals surface area contributed by atoms with Crippen molar-refractivity contribution in [3.05, 3.63) is 28.8 Å². The first-order valence-electron chi connectivity index (χ1n) is 10.4. The lowest BCUT2D eigenvalue weighted by molar-refractivity contribution is 0.0122. The standard InChI is InChI=1S/C22H37ClN2O3Si/c1-21(2,3)27-20(26)25-12-11-24-15-17(25)13-16-9-10-18(23)19(14-16)28-29(7,8)22(4,5)6/h9-10,14,17,24H,11-13,15H2,1-8H3/t17-/m1/s1. The normalized spacial score (nSPS) is 18.5. The van der Waals surface area contributed by atoms with E-state index in [2.05, 4.69) is 39.2 Å². The highest BCUT2D eigenvalue weighted by atomic mass is 35.5. The summed E-state index contributed by atoms with van der Waals surface area (Å²) in [5.41, 5.74) is 0.599. The van der Waals surface area contributed by atoms with E-state index in [4.69, 9.17) is 20.8 Å². The lowest BCUT2D eigenvalue weighted by Gasteiger charge is -2.38. The Bertz CT molecular complexity index is 726. The van der Waals surface area contributed by atoms with Gasteiger partial charge in [-0.3, -0.25) is 0 Å². The fourth-order valence-corrected chi connectivity index (χ4v) is 4.20. The predicted octanol–water partition coefficient (Wildman–Crippen LogP) is 5.48. The number of carbonyl (C=O) groups is 1. The second-order valence-electron chi connectivity index (χ2n) is 10.4. The average molecular weight is 441 g/mol. The van der Waals surface area contributed by atoms with Gasteiger partial charge in [0.25, 0.3) is 8.32 Å². The van der Waals surface area contributed by atoms with E-state index in [1.807, 2.05) is 43.9 Å². The van der Waals surface area contributed by atoms with E-state index in [-0.39, 0.29) is 17.2 Å². The molecule has 0 bridgehead atoms. The van der Waals surface area contributed by atoms with Crippen LogP contribution in [0.15, 0.2) is 18.2 Å². The van der Waals surface area contributed by atoms with Gasteiger partial charge in [0.2, 0.25) is 0 Å². The van der Waals surface area contributed by atoms with Gasteiger partial charge < -0.3 is 19.4 Å². The number of halogens is 1. The zero-order chi connectivity index (χ0) is 22.0. The number of carbonyl (C=O) groups excluding carboxylic acids is 1. The van der Waals surface area contributed by atoms with Crippen molar-refractivity contribution in [2.45, 2.75) is 77.7 Å². The van der Waals surface area contributed by atoms with Crippen LogP contribution in [0.25, 0.3) is 0 Å². The van der Waals surface area contributed by atoms with Gasteiger partial charge in [-0.15, -0.1) is 0 Å².